The highest BCUT2D eigenvalue weighted by Crippen LogP contribution is 2.39. The van der Waals surface area contributed by atoms with Gasteiger partial charge in [-0.3, -0.25) is 9.59 Å². The van der Waals surface area contributed by atoms with Gasteiger partial charge >= 0.3 is 0 Å². The summed E-state index contributed by atoms with van der Waals surface area (Å²) in [6.45, 7) is 2.90. The van der Waals surface area contributed by atoms with E-state index in [2.05, 4.69) is 16.7 Å². The van der Waals surface area contributed by atoms with E-state index >= 15 is 4.39 Å². The molecule has 242 valence electrons. The molecule has 0 spiro atoms. The lowest BCUT2D eigenvalue weighted by Crippen LogP contribution is -2.51. The van der Waals surface area contributed by atoms with Crippen molar-refractivity contribution in [3.05, 3.63) is 83.3 Å². The number of rotatable bonds is 7. The number of imidazole rings is 1. The molecule has 2 aliphatic heterocycles. The number of nitrogens with two attached hydrogens (primary N) is 1. The smallest absolute Gasteiger partial charge is 0.254 e. The maximum atomic E-state index is 16.4. The summed E-state index contributed by atoms with van der Waals surface area (Å²) in [6, 6.07) is 17.8. The molecule has 2 aromatic carbocycles. The number of nitriles is 1. The molecule has 2 saturated heterocycles. The third-order valence-electron chi connectivity index (χ3n) is 10.9. The van der Waals surface area contributed by atoms with Crippen LogP contribution < -0.4 is 5.73 Å². The molecule has 2 N–H and O–H groups in total. The minimum atomic E-state index is -0.490. The van der Waals surface area contributed by atoms with Crippen LogP contribution in [0.4, 0.5) is 4.39 Å². The Morgan fingerprint density at radius 2 is 1.71 bits per heavy atom. The quantitative estimate of drug-likeness (QED) is 0.272. The van der Waals surface area contributed by atoms with Gasteiger partial charge in [0.25, 0.3) is 11.8 Å². The summed E-state index contributed by atoms with van der Waals surface area (Å²) < 4.78 is 20.5. The van der Waals surface area contributed by atoms with Crippen LogP contribution in [0.5, 0.6) is 0 Å². The van der Waals surface area contributed by atoms with Crippen LogP contribution in [0, 0.1) is 34.9 Å². The number of carbonyl (C=O) groups is 2. The van der Waals surface area contributed by atoms with Crippen LogP contribution in [0.2, 0.25) is 0 Å². The molecule has 2 amide bonds. The highest BCUT2D eigenvalue weighted by molar-refractivity contribution is 5.99. The van der Waals surface area contributed by atoms with Crippen LogP contribution in [0.15, 0.2) is 60.8 Å². The Kier molecular flexibility index (Phi) is 6.66. The van der Waals surface area contributed by atoms with E-state index in [9.17, 15) is 9.59 Å². The van der Waals surface area contributed by atoms with E-state index in [1.54, 1.807) is 41.4 Å². The third-order valence-corrected chi connectivity index (χ3v) is 10.9. The van der Waals surface area contributed by atoms with Gasteiger partial charge in [0.05, 0.1) is 22.8 Å². The van der Waals surface area contributed by atoms with Gasteiger partial charge in [-0.05, 0) is 92.1 Å². The predicted molar refractivity (Wildman–Crippen MR) is 177 cm³/mol. The van der Waals surface area contributed by atoms with Crippen molar-refractivity contribution in [3.63, 3.8) is 0 Å². The zero-order valence-corrected chi connectivity index (χ0v) is 26.4. The van der Waals surface area contributed by atoms with Gasteiger partial charge < -0.3 is 24.7 Å². The first-order chi connectivity index (χ1) is 23.4. The van der Waals surface area contributed by atoms with Crippen molar-refractivity contribution in [1.82, 2.24) is 28.9 Å². The molecule has 0 radical (unpaired) electrons. The van der Waals surface area contributed by atoms with Crippen molar-refractivity contribution in [2.45, 2.75) is 50.9 Å². The van der Waals surface area contributed by atoms with E-state index in [1.165, 1.54) is 6.07 Å². The lowest BCUT2D eigenvalue weighted by Gasteiger charge is -2.39. The number of halogens is 1. The molecule has 3 atom stereocenters. The SMILES string of the molecule is N#Cc1ccc(C(=O)N2CC(Cn3c(-c4cc5cccnc5n4CC4CC4)nc4cc(C(=O)N5CC6CCC5[C@@H]6N)cc(F)c43)C2)cc1. The van der Waals surface area contributed by atoms with Crippen molar-refractivity contribution >= 4 is 33.9 Å². The van der Waals surface area contributed by atoms with Crippen LogP contribution in [0.25, 0.3) is 33.6 Å². The molecule has 11 heteroatoms. The second kappa shape index (κ2) is 11.0. The maximum absolute atomic E-state index is 16.4. The number of amides is 2. The molecular formula is C37H35FN8O2. The Morgan fingerprint density at radius 1 is 0.917 bits per heavy atom. The number of nitrogens with zero attached hydrogens (tertiary/aromatic N) is 7. The number of aromatic nitrogens is 4. The maximum Gasteiger partial charge on any atom is 0.254 e. The normalized spacial score (nSPS) is 22.1. The molecule has 2 unspecified atom stereocenters. The lowest BCUT2D eigenvalue weighted by atomic mass is 9.98. The highest BCUT2D eigenvalue weighted by atomic mass is 19.1. The molecule has 3 aromatic heterocycles. The summed E-state index contributed by atoms with van der Waals surface area (Å²) in [6.07, 6.45) is 6.02. The van der Waals surface area contributed by atoms with Crippen molar-refractivity contribution < 1.29 is 14.0 Å². The zero-order valence-electron chi connectivity index (χ0n) is 26.4. The molecule has 4 fully saturated rings. The topological polar surface area (TPSA) is 126 Å². The zero-order chi connectivity index (χ0) is 32.7. The van der Waals surface area contributed by atoms with Crippen molar-refractivity contribution in [2.24, 2.45) is 23.5 Å². The van der Waals surface area contributed by atoms with E-state index < -0.39 is 5.82 Å². The Morgan fingerprint density at radius 3 is 2.42 bits per heavy atom. The predicted octanol–water partition coefficient (Wildman–Crippen LogP) is 4.81. The van der Waals surface area contributed by atoms with Gasteiger partial charge in [-0.1, -0.05) is 0 Å². The number of piperidine rings is 1. The van der Waals surface area contributed by atoms with Crippen LogP contribution >= 0.6 is 0 Å². The number of hydrogen-bond donors (Lipinski definition) is 1. The Balaban J connectivity index is 1.09. The molecule has 5 aromatic rings. The molecule has 10 nitrogen and oxygen atoms in total. The fourth-order valence-corrected chi connectivity index (χ4v) is 8.16. The number of likely N-dealkylation sites (tertiary alicyclic amines) is 2. The molecule has 2 saturated carbocycles. The van der Waals surface area contributed by atoms with E-state index in [0.717, 1.165) is 49.0 Å². The van der Waals surface area contributed by atoms with Gasteiger partial charge in [-0.2, -0.15) is 5.26 Å². The summed E-state index contributed by atoms with van der Waals surface area (Å²) in [5.74, 6) is 0.791. The van der Waals surface area contributed by atoms with E-state index in [0.29, 0.717) is 71.6 Å². The summed E-state index contributed by atoms with van der Waals surface area (Å²) in [7, 11) is 0. The first kappa shape index (κ1) is 29.1. The monoisotopic (exact) mass is 642 g/mol. The minimum Gasteiger partial charge on any atom is -0.338 e. The summed E-state index contributed by atoms with van der Waals surface area (Å²) >= 11 is 0. The van der Waals surface area contributed by atoms with Crippen molar-refractivity contribution in [3.8, 4) is 17.6 Å². The van der Waals surface area contributed by atoms with Gasteiger partial charge in [0.15, 0.2) is 5.82 Å². The van der Waals surface area contributed by atoms with Crippen LogP contribution in [-0.2, 0) is 13.1 Å². The van der Waals surface area contributed by atoms with Gasteiger partial charge in [0, 0.05) is 73.4 Å². The molecule has 9 rings (SSSR count). The first-order valence-corrected chi connectivity index (χ1v) is 16.9. The molecule has 2 bridgehead atoms. The van der Waals surface area contributed by atoms with Crippen LogP contribution in [0.3, 0.4) is 0 Å². The molecule has 2 aliphatic carbocycles. The summed E-state index contributed by atoms with van der Waals surface area (Å²) in [5, 5.41) is 10.1. The number of hydrogen-bond acceptors (Lipinski definition) is 6. The van der Waals surface area contributed by atoms with E-state index in [1.807, 2.05) is 21.6 Å². The molecule has 4 aliphatic rings. The van der Waals surface area contributed by atoms with E-state index in [-0.39, 0.29) is 29.8 Å². The largest absolute Gasteiger partial charge is 0.338 e. The second-order valence-corrected chi connectivity index (χ2v) is 14.1. The molecule has 48 heavy (non-hydrogen) atoms. The van der Waals surface area contributed by atoms with Crippen LogP contribution in [0.1, 0.15) is 52.0 Å². The Hall–Kier alpha value is -5.08. The summed E-state index contributed by atoms with van der Waals surface area (Å²) in [5.41, 5.74) is 10.3. The fraction of sp³-hybridized carbons (Fsp3) is 0.378. The number of carbonyl (C=O) groups excluding carboxylic acids is 2. The standard InChI is InChI=1S/C37H35FN8O2/c38-28-12-27(37(48)45-20-26-9-10-30(45)32(26)40)13-29-33(28)46(19-23-16-43(17-23)36(47)24-7-5-21(15-39)6-8-24)35(42-29)31-14-25-2-1-11-41-34(25)44(31)18-22-3-4-22/h1-2,5-8,11-14,22-23,26,30,32H,3-4,9-10,16-20,40H2/t26?,30?,32-/m1/s1. The third kappa shape index (κ3) is 4.69. The molecular weight excluding hydrogens is 607 g/mol. The highest BCUT2D eigenvalue weighted by Gasteiger charge is 2.47. The van der Waals surface area contributed by atoms with Gasteiger partial charge in [-0.15, -0.1) is 0 Å². The lowest BCUT2D eigenvalue weighted by molar-refractivity contribution is 0.0471. The average Bonchev–Trinajstić information content (AvgIpc) is 3.43. The fourth-order valence-electron chi connectivity index (χ4n) is 8.16. The number of pyridine rings is 1. The van der Waals surface area contributed by atoms with Gasteiger partial charge in [-0.25, -0.2) is 14.4 Å². The minimum absolute atomic E-state index is 0.00596. The van der Waals surface area contributed by atoms with Gasteiger partial charge in [0.1, 0.15) is 17.0 Å². The average molecular weight is 643 g/mol. The summed E-state index contributed by atoms with van der Waals surface area (Å²) in [4.78, 5) is 40.3. The second-order valence-electron chi connectivity index (χ2n) is 14.1. The first-order valence-electron chi connectivity index (χ1n) is 16.9. The number of fused-ring (bicyclic) bond motifs is 4. The van der Waals surface area contributed by atoms with Crippen LogP contribution in [-0.4, -0.2) is 72.4 Å². The van der Waals surface area contributed by atoms with Crippen molar-refractivity contribution in [1.29, 1.82) is 5.26 Å². The molecule has 5 heterocycles. The van der Waals surface area contributed by atoms with E-state index in [4.69, 9.17) is 21.0 Å². The number of benzene rings is 2. The van der Waals surface area contributed by atoms with Crippen molar-refractivity contribution in [2.75, 3.05) is 19.6 Å². The Labute approximate surface area is 276 Å². The Bertz CT molecular complexity index is 2150. The van der Waals surface area contributed by atoms with Gasteiger partial charge in [0.2, 0.25) is 0 Å².